The van der Waals surface area contributed by atoms with Crippen LogP contribution < -0.4 is 0 Å². The summed E-state index contributed by atoms with van der Waals surface area (Å²) in [5.41, 5.74) is 11.2. The highest BCUT2D eigenvalue weighted by Crippen LogP contribution is 2.11. The third-order valence-corrected chi connectivity index (χ3v) is 1.80. The highest BCUT2D eigenvalue weighted by molar-refractivity contribution is 5.27. The Bertz CT molecular complexity index is 306. The molecule has 0 unspecified atom stereocenters. The molecule has 1 aromatic heterocycles. The fourth-order valence-electron chi connectivity index (χ4n) is 1.07. The van der Waals surface area contributed by atoms with E-state index in [4.69, 9.17) is 5.53 Å². The fraction of sp³-hybridized carbons (Fsp3) is 0.375. The summed E-state index contributed by atoms with van der Waals surface area (Å²) in [7, 11) is 0. The maximum Gasteiger partial charge on any atom is 0.0531 e. The molecule has 0 saturated carbocycles. The Labute approximate surface area is 70.9 Å². The largest absolute Gasteiger partial charge is 0.261 e. The minimum absolute atomic E-state index is 0.391. The van der Waals surface area contributed by atoms with E-state index in [1.54, 1.807) is 6.20 Å². The third-order valence-electron chi connectivity index (χ3n) is 1.80. The molecule has 0 radical (unpaired) electrons. The van der Waals surface area contributed by atoms with Gasteiger partial charge in [0.05, 0.1) is 6.54 Å². The summed E-state index contributed by atoms with van der Waals surface area (Å²) in [5.74, 6) is 0. The van der Waals surface area contributed by atoms with Gasteiger partial charge in [-0.15, -0.1) is 0 Å². The molecule has 0 aromatic carbocycles. The highest BCUT2D eigenvalue weighted by Gasteiger charge is 2.00. The summed E-state index contributed by atoms with van der Waals surface area (Å²) in [6.45, 7) is 4.29. The van der Waals surface area contributed by atoms with Crippen molar-refractivity contribution in [1.82, 2.24) is 4.98 Å². The molecule has 4 heteroatoms. The SMILES string of the molecule is Cc1ccnc(C)c1CN=[N+]=[N-]. The van der Waals surface area contributed by atoms with E-state index in [1.807, 2.05) is 19.9 Å². The molecule has 4 nitrogen and oxygen atoms in total. The van der Waals surface area contributed by atoms with E-state index in [-0.39, 0.29) is 0 Å². The highest BCUT2D eigenvalue weighted by atomic mass is 15.1. The van der Waals surface area contributed by atoms with E-state index in [1.165, 1.54) is 0 Å². The van der Waals surface area contributed by atoms with Gasteiger partial charge in [0.2, 0.25) is 0 Å². The van der Waals surface area contributed by atoms with Crippen molar-refractivity contribution >= 4 is 0 Å². The molecule has 0 bridgehead atoms. The topological polar surface area (TPSA) is 61.7 Å². The van der Waals surface area contributed by atoms with Crippen LogP contribution in [0.1, 0.15) is 16.8 Å². The zero-order valence-corrected chi connectivity index (χ0v) is 7.15. The van der Waals surface area contributed by atoms with Crippen molar-refractivity contribution in [3.63, 3.8) is 0 Å². The number of rotatable bonds is 2. The lowest BCUT2D eigenvalue weighted by atomic mass is 10.1. The summed E-state index contributed by atoms with van der Waals surface area (Å²) < 4.78 is 0. The van der Waals surface area contributed by atoms with Gasteiger partial charge >= 0.3 is 0 Å². The maximum absolute atomic E-state index is 8.15. The van der Waals surface area contributed by atoms with E-state index in [9.17, 15) is 0 Å². The Morgan fingerprint density at radius 2 is 2.33 bits per heavy atom. The van der Waals surface area contributed by atoms with Gasteiger partial charge in [-0.1, -0.05) is 5.11 Å². The second-order valence-electron chi connectivity index (χ2n) is 2.58. The quantitative estimate of drug-likeness (QED) is 0.374. The van der Waals surface area contributed by atoms with Crippen molar-refractivity contribution in [2.75, 3.05) is 0 Å². The molecule has 0 N–H and O–H groups in total. The van der Waals surface area contributed by atoms with E-state index >= 15 is 0 Å². The van der Waals surface area contributed by atoms with Crippen LogP contribution in [-0.2, 0) is 6.54 Å². The molecule has 0 atom stereocenters. The lowest BCUT2D eigenvalue weighted by Gasteiger charge is -2.03. The lowest BCUT2D eigenvalue weighted by molar-refractivity contribution is 0.974. The Balaban J connectivity index is 3.03. The molecule has 0 fully saturated rings. The second-order valence-corrected chi connectivity index (χ2v) is 2.58. The molecular formula is C8H10N4. The fourth-order valence-corrected chi connectivity index (χ4v) is 1.07. The third kappa shape index (κ3) is 1.74. The second kappa shape index (κ2) is 3.74. The van der Waals surface area contributed by atoms with Gasteiger partial charge in [-0.05, 0) is 36.6 Å². The Morgan fingerprint density at radius 1 is 1.58 bits per heavy atom. The zero-order chi connectivity index (χ0) is 8.97. The number of azide groups is 1. The van der Waals surface area contributed by atoms with Crippen LogP contribution in [0.4, 0.5) is 0 Å². The van der Waals surface area contributed by atoms with Gasteiger partial charge in [0, 0.05) is 16.8 Å². The average Bonchev–Trinajstić information content (AvgIpc) is 2.04. The number of aromatic nitrogens is 1. The van der Waals surface area contributed by atoms with Crippen molar-refractivity contribution in [2.45, 2.75) is 20.4 Å². The van der Waals surface area contributed by atoms with E-state index in [2.05, 4.69) is 15.0 Å². The minimum atomic E-state index is 0.391. The summed E-state index contributed by atoms with van der Waals surface area (Å²) in [6.07, 6.45) is 1.75. The van der Waals surface area contributed by atoms with Crippen LogP contribution in [0.2, 0.25) is 0 Å². The molecule has 12 heavy (non-hydrogen) atoms. The van der Waals surface area contributed by atoms with E-state index < -0.39 is 0 Å². The van der Waals surface area contributed by atoms with Gasteiger partial charge in [0.25, 0.3) is 0 Å². The molecule has 0 aliphatic rings. The van der Waals surface area contributed by atoms with Crippen LogP contribution in [0, 0.1) is 13.8 Å². The number of nitrogens with zero attached hydrogens (tertiary/aromatic N) is 4. The molecule has 1 rings (SSSR count). The van der Waals surface area contributed by atoms with Crippen molar-refractivity contribution < 1.29 is 0 Å². The Hall–Kier alpha value is -1.54. The van der Waals surface area contributed by atoms with Gasteiger partial charge in [-0.3, -0.25) is 4.98 Å². The first-order valence-corrected chi connectivity index (χ1v) is 3.67. The van der Waals surface area contributed by atoms with Gasteiger partial charge in [0.15, 0.2) is 0 Å². The van der Waals surface area contributed by atoms with Crippen molar-refractivity contribution in [3.05, 3.63) is 39.5 Å². The summed E-state index contributed by atoms with van der Waals surface area (Å²) in [6, 6.07) is 1.91. The van der Waals surface area contributed by atoms with Gasteiger partial charge in [-0.2, -0.15) is 0 Å². The van der Waals surface area contributed by atoms with Crippen molar-refractivity contribution in [2.24, 2.45) is 5.11 Å². The molecule has 0 saturated heterocycles. The van der Waals surface area contributed by atoms with Gasteiger partial charge in [0.1, 0.15) is 0 Å². The molecule has 1 heterocycles. The Morgan fingerprint density at radius 3 is 2.92 bits per heavy atom. The van der Waals surface area contributed by atoms with Crippen molar-refractivity contribution in [3.8, 4) is 0 Å². The first kappa shape index (κ1) is 8.56. The monoisotopic (exact) mass is 162 g/mol. The number of hydrogen-bond donors (Lipinski definition) is 0. The number of hydrogen-bond acceptors (Lipinski definition) is 2. The van der Waals surface area contributed by atoms with Crippen LogP contribution in [0.25, 0.3) is 10.4 Å². The average molecular weight is 162 g/mol. The first-order chi connectivity index (χ1) is 5.75. The van der Waals surface area contributed by atoms with E-state index in [0.717, 1.165) is 16.8 Å². The number of aryl methyl sites for hydroxylation is 2. The first-order valence-electron chi connectivity index (χ1n) is 3.67. The predicted octanol–water partition coefficient (Wildman–Crippen LogP) is 2.51. The minimum Gasteiger partial charge on any atom is -0.261 e. The molecular weight excluding hydrogens is 152 g/mol. The molecule has 62 valence electrons. The van der Waals surface area contributed by atoms with Gasteiger partial charge < -0.3 is 0 Å². The van der Waals surface area contributed by atoms with Crippen molar-refractivity contribution in [1.29, 1.82) is 0 Å². The molecule has 1 aromatic rings. The lowest BCUT2D eigenvalue weighted by Crippen LogP contribution is -1.93. The number of pyridine rings is 1. The van der Waals surface area contributed by atoms with Crippen LogP contribution in [0.3, 0.4) is 0 Å². The van der Waals surface area contributed by atoms with Crippen LogP contribution >= 0.6 is 0 Å². The Kier molecular flexibility index (Phi) is 2.66. The zero-order valence-electron chi connectivity index (χ0n) is 7.15. The molecule has 0 aliphatic heterocycles. The standard InChI is InChI=1S/C8H10N4/c1-6-3-4-10-7(2)8(6)5-11-12-9/h3-4H,5H2,1-2H3. The van der Waals surface area contributed by atoms with Crippen LogP contribution in [0.5, 0.6) is 0 Å². The molecule has 0 aliphatic carbocycles. The smallest absolute Gasteiger partial charge is 0.0531 e. The normalized spacial score (nSPS) is 9.17. The maximum atomic E-state index is 8.15. The summed E-state index contributed by atoms with van der Waals surface area (Å²) >= 11 is 0. The summed E-state index contributed by atoms with van der Waals surface area (Å²) in [5, 5.41) is 3.50. The molecule has 0 amide bonds. The summed E-state index contributed by atoms with van der Waals surface area (Å²) in [4.78, 5) is 6.82. The van der Waals surface area contributed by atoms with Crippen LogP contribution in [-0.4, -0.2) is 4.98 Å². The molecule has 0 spiro atoms. The van der Waals surface area contributed by atoms with Crippen LogP contribution in [0.15, 0.2) is 17.4 Å². The van der Waals surface area contributed by atoms with E-state index in [0.29, 0.717) is 6.54 Å². The van der Waals surface area contributed by atoms with Gasteiger partial charge in [-0.25, -0.2) is 0 Å². The predicted molar refractivity (Wildman–Crippen MR) is 46.6 cm³/mol.